The normalized spacial score (nSPS) is 24.9. The first-order valence-corrected chi connectivity index (χ1v) is 7.22. The van der Waals surface area contributed by atoms with Crippen LogP contribution in [0.3, 0.4) is 0 Å². The van der Waals surface area contributed by atoms with E-state index in [1.165, 1.54) is 11.8 Å². The van der Waals surface area contributed by atoms with E-state index in [4.69, 9.17) is 4.74 Å². The summed E-state index contributed by atoms with van der Waals surface area (Å²) in [4.78, 5) is 37.3. The number of hydrogen-bond donors (Lipinski definition) is 0. The van der Waals surface area contributed by atoms with Gasteiger partial charge in [0, 0.05) is 19.4 Å². The molecule has 0 aromatic heterocycles. The average molecular weight is 287 g/mol. The van der Waals surface area contributed by atoms with E-state index in [2.05, 4.69) is 0 Å². The first-order chi connectivity index (χ1) is 10.1. The van der Waals surface area contributed by atoms with Crippen molar-refractivity contribution < 1.29 is 19.1 Å². The largest absolute Gasteiger partial charge is 0.462 e. The molecule has 0 bridgehead atoms. The van der Waals surface area contributed by atoms with E-state index in [-0.39, 0.29) is 29.9 Å². The lowest BCUT2D eigenvalue weighted by Gasteiger charge is -2.33. The summed E-state index contributed by atoms with van der Waals surface area (Å²) in [7, 11) is 0. The van der Waals surface area contributed by atoms with Gasteiger partial charge in [-0.3, -0.25) is 19.3 Å². The molecule has 0 radical (unpaired) electrons. The Morgan fingerprint density at radius 2 is 1.76 bits per heavy atom. The van der Waals surface area contributed by atoms with Gasteiger partial charge in [-0.05, 0) is 31.4 Å². The molecule has 2 amide bonds. The third kappa shape index (κ3) is 2.44. The van der Waals surface area contributed by atoms with Gasteiger partial charge >= 0.3 is 5.97 Å². The monoisotopic (exact) mass is 287 g/mol. The smallest absolute Gasteiger partial charge is 0.302 e. The summed E-state index contributed by atoms with van der Waals surface area (Å²) in [5.41, 5.74) is 0.939. The minimum absolute atomic E-state index is 0.185. The summed E-state index contributed by atoms with van der Waals surface area (Å²) in [6.07, 6.45) is 2.73. The van der Waals surface area contributed by atoms with Gasteiger partial charge in [0.15, 0.2) is 0 Å². The molecule has 5 heteroatoms. The summed E-state index contributed by atoms with van der Waals surface area (Å²) < 4.78 is 5.24. The summed E-state index contributed by atoms with van der Waals surface area (Å²) in [5.74, 6) is -0.781. The van der Waals surface area contributed by atoms with Gasteiger partial charge in [0.25, 0.3) is 11.8 Å². The molecule has 1 saturated carbocycles. The highest BCUT2D eigenvalue weighted by Gasteiger charge is 2.41. The zero-order valence-corrected chi connectivity index (χ0v) is 11.9. The predicted octanol–water partition coefficient (Wildman–Crippen LogP) is 2.16. The summed E-state index contributed by atoms with van der Waals surface area (Å²) in [6, 6.07) is 6.70. The van der Waals surface area contributed by atoms with E-state index < -0.39 is 0 Å². The van der Waals surface area contributed by atoms with Crippen LogP contribution >= 0.6 is 0 Å². The van der Waals surface area contributed by atoms with Crippen molar-refractivity contribution in [3.05, 3.63) is 35.4 Å². The van der Waals surface area contributed by atoms with Gasteiger partial charge in [0.05, 0.1) is 11.1 Å². The molecular weight excluding hydrogens is 270 g/mol. The SMILES string of the molecule is CC(=O)OC1CCCC(N2C(=O)c3ccccc3C2=O)C1. The molecule has 1 aliphatic carbocycles. The van der Waals surface area contributed by atoms with Crippen LogP contribution in [0, 0.1) is 0 Å². The van der Waals surface area contributed by atoms with E-state index >= 15 is 0 Å². The van der Waals surface area contributed by atoms with Crippen molar-refractivity contribution in [3.8, 4) is 0 Å². The second-order valence-corrected chi connectivity index (χ2v) is 5.58. The molecule has 0 spiro atoms. The van der Waals surface area contributed by atoms with Crippen LogP contribution in [0.1, 0.15) is 53.3 Å². The number of rotatable bonds is 2. The number of amides is 2. The molecular formula is C16H17NO4. The molecule has 1 aromatic carbocycles. The summed E-state index contributed by atoms with van der Waals surface area (Å²) in [6.45, 7) is 1.38. The van der Waals surface area contributed by atoms with Crippen LogP contribution in [0.2, 0.25) is 0 Å². The Hall–Kier alpha value is -2.17. The number of benzene rings is 1. The second kappa shape index (κ2) is 5.31. The van der Waals surface area contributed by atoms with E-state index in [0.717, 1.165) is 19.3 Å². The van der Waals surface area contributed by atoms with Gasteiger partial charge in [-0.15, -0.1) is 0 Å². The molecule has 2 atom stereocenters. The maximum absolute atomic E-state index is 12.4. The van der Waals surface area contributed by atoms with Crippen molar-refractivity contribution in [2.45, 2.75) is 44.8 Å². The quantitative estimate of drug-likeness (QED) is 0.617. The Bertz CT molecular complexity index is 575. The fourth-order valence-electron chi connectivity index (χ4n) is 3.24. The average Bonchev–Trinajstić information content (AvgIpc) is 2.71. The van der Waals surface area contributed by atoms with Crippen LogP contribution in [-0.4, -0.2) is 34.8 Å². The highest BCUT2D eigenvalue weighted by atomic mass is 16.5. The Balaban J connectivity index is 1.80. The van der Waals surface area contributed by atoms with Crippen LogP contribution in [-0.2, 0) is 9.53 Å². The molecule has 0 saturated heterocycles. The summed E-state index contributed by atoms with van der Waals surface area (Å²) in [5, 5.41) is 0. The fourth-order valence-corrected chi connectivity index (χ4v) is 3.24. The molecule has 1 aromatic rings. The van der Waals surface area contributed by atoms with Gasteiger partial charge in [0.2, 0.25) is 0 Å². The van der Waals surface area contributed by atoms with Crippen LogP contribution in [0.25, 0.3) is 0 Å². The molecule has 2 aliphatic rings. The predicted molar refractivity (Wildman–Crippen MR) is 74.8 cm³/mol. The fraction of sp³-hybridized carbons (Fsp3) is 0.438. The van der Waals surface area contributed by atoms with Crippen molar-refractivity contribution in [3.63, 3.8) is 0 Å². The van der Waals surface area contributed by atoms with Gasteiger partial charge in [-0.1, -0.05) is 12.1 Å². The number of fused-ring (bicyclic) bond motifs is 1. The van der Waals surface area contributed by atoms with Crippen molar-refractivity contribution in [2.75, 3.05) is 0 Å². The van der Waals surface area contributed by atoms with Crippen LogP contribution in [0.5, 0.6) is 0 Å². The van der Waals surface area contributed by atoms with Gasteiger partial charge in [-0.25, -0.2) is 0 Å². The second-order valence-electron chi connectivity index (χ2n) is 5.58. The van der Waals surface area contributed by atoms with E-state index in [1.807, 2.05) is 0 Å². The van der Waals surface area contributed by atoms with Crippen LogP contribution in [0.4, 0.5) is 0 Å². The molecule has 1 aliphatic heterocycles. The standard InChI is InChI=1S/C16H17NO4/c1-10(18)21-12-6-4-5-11(9-12)17-15(19)13-7-2-3-8-14(13)16(17)20/h2-3,7-8,11-12H,4-6,9H2,1H3. The number of imide groups is 1. The Labute approximate surface area is 122 Å². The van der Waals surface area contributed by atoms with Crippen molar-refractivity contribution in [2.24, 2.45) is 0 Å². The molecule has 110 valence electrons. The van der Waals surface area contributed by atoms with Crippen molar-refractivity contribution in [1.82, 2.24) is 4.90 Å². The Kier molecular flexibility index (Phi) is 3.49. The first-order valence-electron chi connectivity index (χ1n) is 7.22. The summed E-state index contributed by atoms with van der Waals surface area (Å²) >= 11 is 0. The minimum atomic E-state index is -0.317. The van der Waals surface area contributed by atoms with E-state index in [1.54, 1.807) is 24.3 Å². The van der Waals surface area contributed by atoms with Gasteiger partial charge in [0.1, 0.15) is 6.10 Å². The molecule has 1 fully saturated rings. The molecule has 21 heavy (non-hydrogen) atoms. The molecule has 5 nitrogen and oxygen atoms in total. The van der Waals surface area contributed by atoms with Crippen molar-refractivity contribution >= 4 is 17.8 Å². The lowest BCUT2D eigenvalue weighted by Crippen LogP contribution is -2.44. The molecule has 0 N–H and O–H groups in total. The first kappa shape index (κ1) is 13.8. The number of nitrogens with zero attached hydrogens (tertiary/aromatic N) is 1. The lowest BCUT2D eigenvalue weighted by atomic mass is 9.91. The van der Waals surface area contributed by atoms with Gasteiger partial charge < -0.3 is 4.74 Å². The number of carbonyl (C=O) groups excluding carboxylic acids is 3. The zero-order chi connectivity index (χ0) is 15.0. The molecule has 2 unspecified atom stereocenters. The van der Waals surface area contributed by atoms with Crippen LogP contribution in [0.15, 0.2) is 24.3 Å². The Morgan fingerprint density at radius 3 is 2.33 bits per heavy atom. The van der Waals surface area contributed by atoms with E-state index in [9.17, 15) is 14.4 Å². The molecule has 3 rings (SSSR count). The number of hydrogen-bond acceptors (Lipinski definition) is 4. The highest BCUT2D eigenvalue weighted by molar-refractivity contribution is 6.21. The molecule has 1 heterocycles. The zero-order valence-electron chi connectivity index (χ0n) is 11.9. The number of ether oxygens (including phenoxy) is 1. The van der Waals surface area contributed by atoms with E-state index in [0.29, 0.717) is 17.5 Å². The lowest BCUT2D eigenvalue weighted by molar-refractivity contribution is -0.148. The third-order valence-corrected chi connectivity index (χ3v) is 4.12. The maximum Gasteiger partial charge on any atom is 0.302 e. The third-order valence-electron chi connectivity index (χ3n) is 4.12. The highest BCUT2D eigenvalue weighted by Crippen LogP contribution is 2.31. The maximum atomic E-state index is 12.4. The van der Waals surface area contributed by atoms with Crippen molar-refractivity contribution in [1.29, 1.82) is 0 Å². The van der Waals surface area contributed by atoms with Gasteiger partial charge in [-0.2, -0.15) is 0 Å². The number of carbonyl (C=O) groups is 3. The van der Waals surface area contributed by atoms with Crippen LogP contribution < -0.4 is 0 Å². The Morgan fingerprint density at radius 1 is 1.14 bits per heavy atom. The topological polar surface area (TPSA) is 63.7 Å². The minimum Gasteiger partial charge on any atom is -0.462 e. The number of esters is 1.